The first-order valence-electron chi connectivity index (χ1n) is 10.2. The summed E-state index contributed by atoms with van der Waals surface area (Å²) in [5, 5.41) is 0. The maximum Gasteiger partial charge on any atom is 0.157 e. The third kappa shape index (κ3) is 2.28. The van der Waals surface area contributed by atoms with Gasteiger partial charge >= 0.3 is 0 Å². The monoisotopic (exact) mass is 370 g/mol. The van der Waals surface area contributed by atoms with Gasteiger partial charge in [-0.25, -0.2) is 9.78 Å². The van der Waals surface area contributed by atoms with Gasteiger partial charge in [-0.3, -0.25) is 0 Å². The lowest BCUT2D eigenvalue weighted by molar-refractivity contribution is -0.458. The molecule has 0 amide bonds. The summed E-state index contributed by atoms with van der Waals surface area (Å²) in [6.07, 6.45) is 1.94. The highest BCUT2D eigenvalue weighted by molar-refractivity contribution is 5.53. The SMILES string of the molecule is CC[C@H]1CC2(c3ccc(C)cc3)OOC1(c1ccc(C)cc1)c1ccccc12. The van der Waals surface area contributed by atoms with Crippen LogP contribution in [0.2, 0.25) is 0 Å². The molecule has 2 nitrogen and oxygen atoms in total. The van der Waals surface area contributed by atoms with E-state index in [-0.39, 0.29) is 0 Å². The quantitative estimate of drug-likeness (QED) is 0.512. The van der Waals surface area contributed by atoms with Gasteiger partial charge < -0.3 is 0 Å². The topological polar surface area (TPSA) is 18.5 Å². The van der Waals surface area contributed by atoms with Gasteiger partial charge in [0.05, 0.1) is 0 Å². The van der Waals surface area contributed by atoms with E-state index >= 15 is 0 Å². The van der Waals surface area contributed by atoms with E-state index in [0.29, 0.717) is 5.92 Å². The lowest BCUT2D eigenvalue weighted by atomic mass is 9.60. The van der Waals surface area contributed by atoms with E-state index in [4.69, 9.17) is 9.78 Å². The number of fused-ring (bicyclic) bond motifs is 2. The summed E-state index contributed by atoms with van der Waals surface area (Å²) in [6.45, 7) is 6.50. The number of rotatable bonds is 3. The molecule has 2 heterocycles. The van der Waals surface area contributed by atoms with Crippen LogP contribution in [0.4, 0.5) is 0 Å². The van der Waals surface area contributed by atoms with Crippen LogP contribution >= 0.6 is 0 Å². The highest BCUT2D eigenvalue weighted by Crippen LogP contribution is 2.61. The molecule has 3 atom stereocenters. The van der Waals surface area contributed by atoms with E-state index in [2.05, 4.69) is 93.6 Å². The largest absolute Gasteiger partial charge is 0.219 e. The van der Waals surface area contributed by atoms with Crippen LogP contribution in [0.3, 0.4) is 0 Å². The summed E-state index contributed by atoms with van der Waals surface area (Å²) < 4.78 is 0. The van der Waals surface area contributed by atoms with Crippen molar-refractivity contribution in [3.05, 3.63) is 106 Å². The smallest absolute Gasteiger partial charge is 0.157 e. The molecule has 3 aromatic rings. The van der Waals surface area contributed by atoms with E-state index < -0.39 is 11.2 Å². The standard InChI is InChI=1S/C26H26O2/c1-4-20-17-25(21-13-9-18(2)10-14-21)23-7-5-6-8-24(23)26(20,28-27-25)22-15-11-19(3)12-16-22/h5-16,20H,4,17H2,1-3H3/t20-,25?,26?/m0/s1. The molecule has 0 N–H and O–H groups in total. The molecule has 1 fully saturated rings. The zero-order valence-corrected chi connectivity index (χ0v) is 16.7. The molecule has 0 saturated carbocycles. The van der Waals surface area contributed by atoms with Crippen molar-refractivity contribution < 1.29 is 9.78 Å². The zero-order valence-electron chi connectivity index (χ0n) is 16.7. The fraction of sp³-hybridized carbons (Fsp3) is 0.308. The molecule has 1 saturated heterocycles. The van der Waals surface area contributed by atoms with Gasteiger partial charge in [-0.1, -0.05) is 90.8 Å². The van der Waals surface area contributed by atoms with Crippen LogP contribution < -0.4 is 0 Å². The average Bonchev–Trinajstić information content (AvgIpc) is 2.75. The minimum absolute atomic E-state index is 0.333. The molecule has 6 rings (SSSR count). The lowest BCUT2D eigenvalue weighted by Gasteiger charge is -2.56. The Morgan fingerprint density at radius 3 is 1.93 bits per heavy atom. The molecule has 28 heavy (non-hydrogen) atoms. The Hall–Kier alpha value is -2.42. The van der Waals surface area contributed by atoms with Gasteiger partial charge in [0, 0.05) is 5.92 Å². The summed E-state index contributed by atoms with van der Waals surface area (Å²) >= 11 is 0. The second-order valence-corrected chi connectivity index (χ2v) is 8.32. The van der Waals surface area contributed by atoms with Crippen LogP contribution in [0.25, 0.3) is 0 Å². The highest BCUT2D eigenvalue weighted by atomic mass is 17.2. The van der Waals surface area contributed by atoms with Crippen LogP contribution in [0, 0.1) is 19.8 Å². The number of benzene rings is 3. The zero-order chi connectivity index (χ0) is 19.4. The Morgan fingerprint density at radius 1 is 0.750 bits per heavy atom. The fourth-order valence-electron chi connectivity index (χ4n) is 5.12. The average molecular weight is 370 g/mol. The molecular formula is C26H26O2. The van der Waals surface area contributed by atoms with Gasteiger partial charge in [-0.05, 0) is 48.9 Å². The van der Waals surface area contributed by atoms with Gasteiger partial charge in [-0.2, -0.15) is 0 Å². The maximum atomic E-state index is 6.41. The minimum atomic E-state index is -0.550. The van der Waals surface area contributed by atoms with Crippen LogP contribution in [0.15, 0.2) is 72.8 Å². The molecular weight excluding hydrogens is 344 g/mol. The van der Waals surface area contributed by atoms with Gasteiger partial charge in [0.15, 0.2) is 11.2 Å². The molecule has 2 unspecified atom stereocenters. The second kappa shape index (κ2) is 6.30. The van der Waals surface area contributed by atoms with Crippen LogP contribution in [-0.2, 0) is 21.0 Å². The molecule has 2 aliphatic heterocycles. The Bertz CT molecular complexity index is 1010. The lowest BCUT2D eigenvalue weighted by Crippen LogP contribution is -2.57. The minimum Gasteiger partial charge on any atom is -0.219 e. The Labute approximate surface area is 167 Å². The van der Waals surface area contributed by atoms with Crippen molar-refractivity contribution in [3.63, 3.8) is 0 Å². The molecule has 0 aromatic heterocycles. The van der Waals surface area contributed by atoms with Crippen molar-refractivity contribution >= 4 is 0 Å². The summed E-state index contributed by atoms with van der Waals surface area (Å²) in [5.41, 5.74) is 6.23. The number of hydrogen-bond acceptors (Lipinski definition) is 2. The Kier molecular flexibility index (Phi) is 3.97. The van der Waals surface area contributed by atoms with E-state index in [1.807, 2.05) is 0 Å². The van der Waals surface area contributed by atoms with E-state index in [0.717, 1.165) is 12.8 Å². The molecule has 3 aromatic carbocycles. The third-order valence-electron chi connectivity index (χ3n) is 6.68. The van der Waals surface area contributed by atoms with E-state index in [9.17, 15) is 0 Å². The summed E-state index contributed by atoms with van der Waals surface area (Å²) in [7, 11) is 0. The second-order valence-electron chi connectivity index (χ2n) is 8.32. The first-order valence-corrected chi connectivity index (χ1v) is 10.2. The van der Waals surface area contributed by atoms with Crippen LogP contribution in [0.1, 0.15) is 53.1 Å². The predicted molar refractivity (Wildman–Crippen MR) is 111 cm³/mol. The van der Waals surface area contributed by atoms with Crippen molar-refractivity contribution in [2.45, 2.75) is 44.8 Å². The van der Waals surface area contributed by atoms with Crippen molar-refractivity contribution in [2.75, 3.05) is 0 Å². The molecule has 142 valence electrons. The van der Waals surface area contributed by atoms with E-state index in [1.54, 1.807) is 0 Å². The summed E-state index contributed by atoms with van der Waals surface area (Å²) in [4.78, 5) is 12.7. The first kappa shape index (κ1) is 17.7. The normalized spacial score (nSPS) is 28.2. The molecule has 2 bridgehead atoms. The fourth-order valence-corrected chi connectivity index (χ4v) is 5.12. The van der Waals surface area contributed by atoms with Crippen molar-refractivity contribution in [1.82, 2.24) is 0 Å². The van der Waals surface area contributed by atoms with Gasteiger partial charge in [0.1, 0.15) is 0 Å². The molecule has 0 spiro atoms. The van der Waals surface area contributed by atoms with Gasteiger partial charge in [-0.15, -0.1) is 0 Å². The Balaban J connectivity index is 1.77. The molecule has 0 radical (unpaired) electrons. The van der Waals surface area contributed by atoms with Crippen molar-refractivity contribution in [2.24, 2.45) is 5.92 Å². The number of hydrogen-bond donors (Lipinski definition) is 0. The van der Waals surface area contributed by atoms with Crippen molar-refractivity contribution in [3.8, 4) is 0 Å². The van der Waals surface area contributed by atoms with Gasteiger partial charge in [0.25, 0.3) is 0 Å². The van der Waals surface area contributed by atoms with E-state index in [1.165, 1.54) is 33.4 Å². The van der Waals surface area contributed by atoms with Crippen LogP contribution in [0.5, 0.6) is 0 Å². The molecule has 2 heteroatoms. The van der Waals surface area contributed by atoms with Gasteiger partial charge in [0.2, 0.25) is 0 Å². The van der Waals surface area contributed by atoms with Crippen LogP contribution in [-0.4, -0.2) is 0 Å². The summed E-state index contributed by atoms with van der Waals surface area (Å²) in [6, 6.07) is 26.1. The van der Waals surface area contributed by atoms with Crippen molar-refractivity contribution in [1.29, 1.82) is 0 Å². The number of aryl methyl sites for hydroxylation is 2. The Morgan fingerprint density at radius 2 is 1.32 bits per heavy atom. The summed E-state index contributed by atoms with van der Waals surface area (Å²) in [5.74, 6) is 0.333. The third-order valence-corrected chi connectivity index (χ3v) is 6.68. The highest BCUT2D eigenvalue weighted by Gasteiger charge is 2.61. The first-order chi connectivity index (χ1) is 13.6. The molecule has 3 aliphatic rings. The predicted octanol–water partition coefficient (Wildman–Crippen LogP) is 6.18. The molecule has 1 aliphatic carbocycles. The maximum absolute atomic E-state index is 6.41.